The summed E-state index contributed by atoms with van der Waals surface area (Å²) < 4.78 is 38.7. The van der Waals surface area contributed by atoms with Crippen LogP contribution in [0.4, 0.5) is 36.2 Å². The molecule has 0 amide bonds. The number of nitrogens with one attached hydrogen (secondary N) is 3. The van der Waals surface area contributed by atoms with Gasteiger partial charge in [-0.3, -0.25) is 4.98 Å². The maximum Gasteiger partial charge on any atom is 0.416 e. The van der Waals surface area contributed by atoms with Gasteiger partial charge in [0.25, 0.3) is 0 Å². The minimum Gasteiger partial charge on any atom is -0.381 e. The van der Waals surface area contributed by atoms with E-state index in [1.165, 1.54) is 6.07 Å². The Morgan fingerprint density at radius 1 is 0.943 bits per heavy atom. The summed E-state index contributed by atoms with van der Waals surface area (Å²) in [6.07, 6.45) is 0.619. The van der Waals surface area contributed by atoms with E-state index in [2.05, 4.69) is 44.7 Å². The highest BCUT2D eigenvalue weighted by Gasteiger charge is 2.30. The topological polar surface area (TPSA) is 74.8 Å². The lowest BCUT2D eigenvalue weighted by Gasteiger charge is -2.13. The molecule has 9 heteroatoms. The van der Waals surface area contributed by atoms with E-state index in [9.17, 15) is 13.2 Å². The number of fused-ring (bicyclic) bond motifs is 1. The van der Waals surface area contributed by atoms with Gasteiger partial charge in [-0.05, 0) is 63.2 Å². The summed E-state index contributed by atoms with van der Waals surface area (Å²) in [6, 6.07) is 14.8. The van der Waals surface area contributed by atoms with Crippen molar-refractivity contribution in [2.24, 2.45) is 0 Å². The molecule has 180 valence electrons. The lowest BCUT2D eigenvalue weighted by molar-refractivity contribution is -0.137. The summed E-state index contributed by atoms with van der Waals surface area (Å²) >= 11 is 0. The van der Waals surface area contributed by atoms with Crippen LogP contribution in [0.3, 0.4) is 0 Å². The first-order chi connectivity index (χ1) is 16.7. The average Bonchev–Trinajstić information content (AvgIpc) is 2.80. The molecule has 2 heterocycles. The zero-order valence-electron chi connectivity index (χ0n) is 19.5. The molecule has 6 nitrogen and oxygen atoms in total. The van der Waals surface area contributed by atoms with Gasteiger partial charge in [0, 0.05) is 23.3 Å². The lowest BCUT2D eigenvalue weighted by Crippen LogP contribution is -2.11. The van der Waals surface area contributed by atoms with Gasteiger partial charge in [0.05, 0.1) is 40.0 Å². The van der Waals surface area contributed by atoms with E-state index in [-0.39, 0.29) is 6.04 Å². The molecule has 0 bridgehead atoms. The summed E-state index contributed by atoms with van der Waals surface area (Å²) in [5, 5.41) is 10.4. The van der Waals surface area contributed by atoms with Crippen molar-refractivity contribution in [3.05, 3.63) is 83.9 Å². The molecule has 35 heavy (non-hydrogen) atoms. The third-order valence-corrected chi connectivity index (χ3v) is 5.09. The van der Waals surface area contributed by atoms with Crippen LogP contribution in [0.25, 0.3) is 17.0 Å². The highest BCUT2D eigenvalue weighted by atomic mass is 19.4. The molecule has 3 N–H and O–H groups in total. The van der Waals surface area contributed by atoms with Crippen molar-refractivity contribution >= 4 is 40.0 Å². The number of anilines is 4. The number of hydrogen-bond acceptors (Lipinski definition) is 6. The monoisotopic (exact) mass is 478 g/mol. The first-order valence-corrected chi connectivity index (χ1v) is 11.1. The minimum absolute atomic E-state index is 0.268. The third kappa shape index (κ3) is 6.06. The normalized spacial score (nSPS) is 11.9. The van der Waals surface area contributed by atoms with Crippen molar-refractivity contribution in [2.45, 2.75) is 33.0 Å². The number of pyridine rings is 1. The molecule has 2 aromatic carbocycles. The van der Waals surface area contributed by atoms with Crippen LogP contribution in [0.2, 0.25) is 0 Å². The Morgan fingerprint density at radius 2 is 1.74 bits per heavy atom. The number of alkyl halides is 3. The summed E-state index contributed by atoms with van der Waals surface area (Å²) in [6.45, 7) is 6.08. The van der Waals surface area contributed by atoms with E-state index in [0.717, 1.165) is 34.4 Å². The van der Waals surface area contributed by atoms with Crippen molar-refractivity contribution < 1.29 is 13.2 Å². The Bertz CT molecular complexity index is 1350. The van der Waals surface area contributed by atoms with E-state index in [0.29, 0.717) is 23.0 Å². The summed E-state index contributed by atoms with van der Waals surface area (Å²) in [5.74, 6) is 0.465. The quantitative estimate of drug-likeness (QED) is 0.266. The van der Waals surface area contributed by atoms with Gasteiger partial charge >= 0.3 is 6.18 Å². The molecule has 4 rings (SSSR count). The van der Waals surface area contributed by atoms with Crippen LogP contribution in [0, 0.1) is 6.92 Å². The van der Waals surface area contributed by atoms with Crippen LogP contribution in [0.15, 0.2) is 67.0 Å². The number of rotatable bonds is 7. The standard InChI is InChI=1S/C26H25F3N6/c1-16(2)32-23-9-5-8-22-17(3)33-25(35-24(22)23)30-13-12-19-10-11-21(15-31-19)34-20-7-4-6-18(14-20)26(27,28)29/h4-16,32,34H,1-3H3,(H,30,33,35)/b13-12+. The Labute approximate surface area is 201 Å². The summed E-state index contributed by atoms with van der Waals surface area (Å²) in [5.41, 5.74) is 3.51. The predicted molar refractivity (Wildman–Crippen MR) is 135 cm³/mol. The van der Waals surface area contributed by atoms with Gasteiger partial charge in [-0.2, -0.15) is 13.2 Å². The van der Waals surface area contributed by atoms with Crippen molar-refractivity contribution in [3.63, 3.8) is 0 Å². The van der Waals surface area contributed by atoms with Gasteiger partial charge < -0.3 is 16.0 Å². The molecule has 0 saturated heterocycles. The van der Waals surface area contributed by atoms with Crippen LogP contribution in [-0.4, -0.2) is 21.0 Å². The van der Waals surface area contributed by atoms with Crippen LogP contribution >= 0.6 is 0 Å². The largest absolute Gasteiger partial charge is 0.416 e. The summed E-state index contributed by atoms with van der Waals surface area (Å²) in [4.78, 5) is 13.5. The molecule has 2 aromatic heterocycles. The summed E-state index contributed by atoms with van der Waals surface area (Å²) in [7, 11) is 0. The molecule has 0 saturated carbocycles. The molecule has 0 unspecified atom stereocenters. The fourth-order valence-corrected chi connectivity index (χ4v) is 3.52. The highest BCUT2D eigenvalue weighted by molar-refractivity contribution is 5.92. The zero-order chi connectivity index (χ0) is 25.0. The second-order valence-electron chi connectivity index (χ2n) is 8.29. The maximum atomic E-state index is 12.9. The van der Waals surface area contributed by atoms with E-state index < -0.39 is 11.7 Å². The molecular weight excluding hydrogens is 453 g/mol. The predicted octanol–water partition coefficient (Wildman–Crippen LogP) is 7.00. The Balaban J connectivity index is 1.45. The van der Waals surface area contributed by atoms with E-state index >= 15 is 0 Å². The molecular formula is C26H25F3N6. The van der Waals surface area contributed by atoms with Crippen molar-refractivity contribution in [3.8, 4) is 0 Å². The zero-order valence-corrected chi connectivity index (χ0v) is 19.5. The fraction of sp³-hybridized carbons (Fsp3) is 0.192. The number of aryl methyl sites for hydroxylation is 1. The van der Waals surface area contributed by atoms with Gasteiger partial charge in [0.15, 0.2) is 0 Å². The fourth-order valence-electron chi connectivity index (χ4n) is 3.52. The highest BCUT2D eigenvalue weighted by Crippen LogP contribution is 2.31. The first-order valence-electron chi connectivity index (χ1n) is 11.1. The average molecular weight is 479 g/mol. The van der Waals surface area contributed by atoms with Crippen LogP contribution in [-0.2, 0) is 6.18 Å². The van der Waals surface area contributed by atoms with E-state index in [1.54, 1.807) is 36.7 Å². The Kier molecular flexibility index (Phi) is 6.86. The Hall–Kier alpha value is -4.14. The smallest absolute Gasteiger partial charge is 0.381 e. The molecule has 0 spiro atoms. The number of aromatic nitrogens is 3. The lowest BCUT2D eigenvalue weighted by atomic mass is 10.1. The maximum absolute atomic E-state index is 12.9. The van der Waals surface area contributed by atoms with Gasteiger partial charge in [-0.1, -0.05) is 18.2 Å². The van der Waals surface area contributed by atoms with Gasteiger partial charge in [-0.25, -0.2) is 9.97 Å². The number of para-hydroxylation sites is 1. The Morgan fingerprint density at radius 3 is 2.46 bits per heavy atom. The molecule has 0 radical (unpaired) electrons. The van der Waals surface area contributed by atoms with Gasteiger partial charge in [-0.15, -0.1) is 0 Å². The van der Waals surface area contributed by atoms with Gasteiger partial charge in [0.2, 0.25) is 5.95 Å². The van der Waals surface area contributed by atoms with Crippen LogP contribution in [0.5, 0.6) is 0 Å². The van der Waals surface area contributed by atoms with E-state index in [1.807, 2.05) is 25.1 Å². The number of benzene rings is 2. The second kappa shape index (κ2) is 10.0. The minimum atomic E-state index is -4.39. The van der Waals surface area contributed by atoms with Crippen molar-refractivity contribution in [2.75, 3.05) is 16.0 Å². The SMILES string of the molecule is Cc1nc(N/C=C/c2ccc(Nc3cccc(C(F)(F)F)c3)cn2)nc2c(NC(C)C)cccc12. The molecule has 0 aliphatic heterocycles. The van der Waals surface area contributed by atoms with Crippen molar-refractivity contribution in [1.29, 1.82) is 0 Å². The van der Waals surface area contributed by atoms with Crippen molar-refractivity contribution in [1.82, 2.24) is 15.0 Å². The van der Waals surface area contributed by atoms with Gasteiger partial charge in [0.1, 0.15) is 0 Å². The first kappa shape index (κ1) is 24.0. The molecule has 4 aromatic rings. The van der Waals surface area contributed by atoms with Crippen LogP contribution < -0.4 is 16.0 Å². The number of halogens is 3. The third-order valence-electron chi connectivity index (χ3n) is 5.09. The molecule has 0 fully saturated rings. The molecule has 0 aliphatic rings. The number of nitrogens with zero attached hydrogens (tertiary/aromatic N) is 3. The number of hydrogen-bond donors (Lipinski definition) is 3. The molecule has 0 atom stereocenters. The second-order valence-corrected chi connectivity index (χ2v) is 8.29. The molecule has 0 aliphatic carbocycles. The van der Waals surface area contributed by atoms with E-state index in [4.69, 9.17) is 0 Å². The van der Waals surface area contributed by atoms with Crippen LogP contribution in [0.1, 0.15) is 30.8 Å².